The fraction of sp³-hybridized carbons (Fsp3) is 0.929. The van der Waals surface area contributed by atoms with E-state index >= 15 is 0 Å². The molecule has 9 N–H and O–H groups in total. The van der Waals surface area contributed by atoms with Gasteiger partial charge in [0.15, 0.2) is 12.6 Å². The Bertz CT molecular complexity index is 1000. The standard InChI is InChI=1S/C42H79NO13/c1-3-5-7-9-11-13-15-16-18-20-22-24-26-34(47)43-30(31(46)25-23-21-19-17-14-12-10-8-6-4-2)29-53-41-39(52)37(50)40(33(28-45)55-41)56-42-38(51)36(49)35(48)32(27-44)54-42/h23,25,30-33,35-42,44-46,48-52H,3-22,24,26-29H2,1-2H3,(H,43,47)/b25-23+/t30-,31+,32+,33+,35-,36?,37?,38?,39?,40+,41+,42-/m0/s1. The molecule has 56 heavy (non-hydrogen) atoms. The molecule has 2 aliphatic rings. The Morgan fingerprint density at radius 2 is 1.11 bits per heavy atom. The number of rotatable bonds is 32. The van der Waals surface area contributed by atoms with E-state index in [-0.39, 0.29) is 18.9 Å². The van der Waals surface area contributed by atoms with E-state index in [1.54, 1.807) is 6.08 Å². The van der Waals surface area contributed by atoms with Gasteiger partial charge in [0.2, 0.25) is 5.91 Å². The maximum Gasteiger partial charge on any atom is 0.220 e. The van der Waals surface area contributed by atoms with Gasteiger partial charge in [0.05, 0.1) is 32.0 Å². The highest BCUT2D eigenvalue weighted by atomic mass is 16.7. The first-order chi connectivity index (χ1) is 27.1. The first-order valence-corrected chi connectivity index (χ1v) is 21.9. The lowest BCUT2D eigenvalue weighted by Gasteiger charge is -2.46. The van der Waals surface area contributed by atoms with Crippen LogP contribution in [0.15, 0.2) is 12.2 Å². The molecule has 0 aromatic rings. The predicted octanol–water partition coefficient (Wildman–Crippen LogP) is 3.65. The molecule has 0 bridgehead atoms. The van der Waals surface area contributed by atoms with Gasteiger partial charge in [0, 0.05) is 6.42 Å². The lowest BCUT2D eigenvalue weighted by Crippen LogP contribution is -2.65. The second-order valence-electron chi connectivity index (χ2n) is 15.8. The van der Waals surface area contributed by atoms with Gasteiger partial charge in [-0.15, -0.1) is 0 Å². The largest absolute Gasteiger partial charge is 0.394 e. The lowest BCUT2D eigenvalue weighted by atomic mass is 9.97. The predicted molar refractivity (Wildman–Crippen MR) is 212 cm³/mol. The molecule has 1 amide bonds. The van der Waals surface area contributed by atoms with Crippen molar-refractivity contribution in [2.45, 2.75) is 229 Å². The van der Waals surface area contributed by atoms with Crippen molar-refractivity contribution in [3.63, 3.8) is 0 Å². The molecule has 0 aromatic carbocycles. The van der Waals surface area contributed by atoms with Crippen molar-refractivity contribution in [1.82, 2.24) is 5.32 Å². The second kappa shape index (κ2) is 30.7. The van der Waals surface area contributed by atoms with Crippen molar-refractivity contribution < 1.29 is 64.6 Å². The lowest BCUT2D eigenvalue weighted by molar-refractivity contribution is -0.359. The minimum absolute atomic E-state index is 0.243. The van der Waals surface area contributed by atoms with Crippen LogP contribution in [0.4, 0.5) is 0 Å². The Labute approximate surface area is 336 Å². The molecule has 0 aromatic heterocycles. The molecule has 2 fully saturated rings. The normalized spacial score (nSPS) is 29.5. The Hall–Kier alpha value is -1.27. The van der Waals surface area contributed by atoms with Crippen molar-refractivity contribution in [2.75, 3.05) is 19.8 Å². The molecular weight excluding hydrogens is 726 g/mol. The van der Waals surface area contributed by atoms with Crippen LogP contribution in [0.1, 0.15) is 155 Å². The van der Waals surface area contributed by atoms with Gasteiger partial charge < -0.3 is 65.1 Å². The highest BCUT2D eigenvalue weighted by Gasteiger charge is 2.50. The number of ether oxygens (including phenoxy) is 4. The number of carbonyl (C=O) groups excluding carboxylic acids is 1. The highest BCUT2D eigenvalue weighted by molar-refractivity contribution is 5.76. The van der Waals surface area contributed by atoms with E-state index in [0.717, 1.165) is 38.5 Å². The van der Waals surface area contributed by atoms with Crippen LogP contribution < -0.4 is 5.32 Å². The van der Waals surface area contributed by atoms with Gasteiger partial charge in [-0.1, -0.05) is 142 Å². The third-order valence-electron chi connectivity index (χ3n) is 11.0. The zero-order valence-electron chi connectivity index (χ0n) is 34.4. The van der Waals surface area contributed by atoms with Crippen LogP contribution in [0, 0.1) is 0 Å². The summed E-state index contributed by atoms with van der Waals surface area (Å²) >= 11 is 0. The summed E-state index contributed by atoms with van der Waals surface area (Å²) < 4.78 is 22.6. The van der Waals surface area contributed by atoms with Crippen molar-refractivity contribution in [3.05, 3.63) is 12.2 Å². The monoisotopic (exact) mass is 806 g/mol. The number of unbranched alkanes of at least 4 members (excludes halogenated alkanes) is 19. The van der Waals surface area contributed by atoms with E-state index in [1.807, 2.05) is 6.08 Å². The molecule has 2 saturated heterocycles. The first kappa shape index (κ1) is 50.9. The van der Waals surface area contributed by atoms with Crippen LogP contribution >= 0.6 is 0 Å². The molecule has 0 saturated carbocycles. The molecule has 0 aliphatic carbocycles. The SMILES string of the molecule is CCCCCCCCCC/C=C/[C@@H](O)[C@H](CO[C@@H]1O[C@H](CO)[C@@H](O[C@@H]2O[C@H](CO)[C@H](O)C(O)C2O)C(O)C1O)NC(=O)CCCCCCCCCCCCCC. The minimum Gasteiger partial charge on any atom is -0.394 e. The van der Waals surface area contributed by atoms with Gasteiger partial charge in [-0.2, -0.15) is 0 Å². The Morgan fingerprint density at radius 3 is 1.64 bits per heavy atom. The Kier molecular flexibility index (Phi) is 27.9. The molecule has 12 atom stereocenters. The summed E-state index contributed by atoms with van der Waals surface area (Å²) in [6.07, 6.45) is 11.3. The maximum atomic E-state index is 13.0. The molecule has 0 radical (unpaired) electrons. The van der Waals surface area contributed by atoms with Crippen molar-refractivity contribution in [2.24, 2.45) is 0 Å². The number of allylic oxidation sites excluding steroid dienone is 1. The number of hydrogen-bond donors (Lipinski definition) is 9. The van der Waals surface area contributed by atoms with E-state index in [4.69, 9.17) is 18.9 Å². The quantitative estimate of drug-likeness (QED) is 0.0350. The summed E-state index contributed by atoms with van der Waals surface area (Å²) in [6.45, 7) is 2.73. The van der Waals surface area contributed by atoms with Gasteiger partial charge >= 0.3 is 0 Å². The molecule has 0 spiro atoms. The van der Waals surface area contributed by atoms with Crippen LogP contribution in [-0.2, 0) is 23.7 Å². The van der Waals surface area contributed by atoms with Crippen LogP contribution in [0.2, 0.25) is 0 Å². The molecule has 2 rings (SSSR count). The maximum absolute atomic E-state index is 13.0. The third kappa shape index (κ3) is 19.2. The summed E-state index contributed by atoms with van der Waals surface area (Å²) in [5, 5.41) is 86.2. The van der Waals surface area contributed by atoms with Gasteiger partial charge in [-0.3, -0.25) is 4.79 Å². The fourth-order valence-corrected chi connectivity index (χ4v) is 7.29. The molecule has 14 heteroatoms. The van der Waals surface area contributed by atoms with Gasteiger partial charge in [-0.25, -0.2) is 0 Å². The minimum atomic E-state index is -1.78. The van der Waals surface area contributed by atoms with Crippen LogP contribution in [-0.4, -0.2) is 140 Å². The summed E-state index contributed by atoms with van der Waals surface area (Å²) in [6, 6.07) is -0.904. The van der Waals surface area contributed by atoms with E-state index in [0.29, 0.717) is 6.42 Å². The topological polar surface area (TPSA) is 228 Å². The van der Waals surface area contributed by atoms with Crippen molar-refractivity contribution >= 4 is 5.91 Å². The van der Waals surface area contributed by atoms with Crippen LogP contribution in [0.3, 0.4) is 0 Å². The van der Waals surface area contributed by atoms with Crippen molar-refractivity contribution in [3.8, 4) is 0 Å². The smallest absolute Gasteiger partial charge is 0.220 e. The summed E-state index contributed by atoms with van der Waals surface area (Å²) in [5.74, 6) is -0.243. The van der Waals surface area contributed by atoms with Crippen molar-refractivity contribution in [1.29, 1.82) is 0 Å². The Balaban J connectivity index is 1.92. The number of aliphatic hydroxyl groups is 8. The van der Waals surface area contributed by atoms with Gasteiger partial charge in [0.1, 0.15) is 48.8 Å². The fourth-order valence-electron chi connectivity index (χ4n) is 7.29. The average molecular weight is 806 g/mol. The third-order valence-corrected chi connectivity index (χ3v) is 11.0. The van der Waals surface area contributed by atoms with Gasteiger partial charge in [-0.05, 0) is 19.3 Å². The highest BCUT2D eigenvalue weighted by Crippen LogP contribution is 2.30. The molecule has 330 valence electrons. The molecule has 2 aliphatic heterocycles. The van der Waals surface area contributed by atoms with Gasteiger partial charge in [0.25, 0.3) is 0 Å². The number of aliphatic hydroxyl groups excluding tert-OH is 8. The van der Waals surface area contributed by atoms with E-state index in [1.165, 1.54) is 89.9 Å². The zero-order chi connectivity index (χ0) is 41.1. The van der Waals surface area contributed by atoms with E-state index in [9.17, 15) is 45.6 Å². The molecular formula is C42H79NO13. The summed E-state index contributed by atoms with van der Waals surface area (Å²) in [4.78, 5) is 13.0. The number of carbonyl (C=O) groups is 1. The number of amides is 1. The summed E-state index contributed by atoms with van der Waals surface area (Å²) in [5.41, 5.74) is 0. The van der Waals surface area contributed by atoms with E-state index < -0.39 is 86.8 Å². The molecule has 4 unspecified atom stereocenters. The van der Waals surface area contributed by atoms with Crippen LogP contribution in [0.25, 0.3) is 0 Å². The first-order valence-electron chi connectivity index (χ1n) is 21.9. The number of hydrogen-bond acceptors (Lipinski definition) is 13. The molecule has 2 heterocycles. The van der Waals surface area contributed by atoms with E-state index in [2.05, 4.69) is 19.2 Å². The zero-order valence-corrected chi connectivity index (χ0v) is 34.4. The Morgan fingerprint density at radius 1 is 0.625 bits per heavy atom. The van der Waals surface area contributed by atoms with Crippen LogP contribution in [0.5, 0.6) is 0 Å². The number of nitrogens with one attached hydrogen (secondary N) is 1. The summed E-state index contributed by atoms with van der Waals surface area (Å²) in [7, 11) is 0. The molecule has 14 nitrogen and oxygen atoms in total. The average Bonchev–Trinajstić information content (AvgIpc) is 3.19. The second-order valence-corrected chi connectivity index (χ2v) is 15.8.